The van der Waals surface area contributed by atoms with Crippen molar-refractivity contribution in [1.82, 2.24) is 10.3 Å². The average molecular weight is 338 g/mol. The van der Waals surface area contributed by atoms with Crippen LogP contribution in [0.25, 0.3) is 21.7 Å². The Kier molecular flexibility index (Phi) is 4.39. The number of aromatic carboxylic acids is 1. The minimum atomic E-state index is -1.05. The highest BCUT2D eigenvalue weighted by Crippen LogP contribution is 2.36. The van der Waals surface area contributed by atoms with Crippen molar-refractivity contribution >= 4 is 23.2 Å². The predicted octanol–water partition coefficient (Wildman–Crippen LogP) is 3.53. The van der Waals surface area contributed by atoms with Crippen LogP contribution in [0.5, 0.6) is 0 Å². The molecule has 1 amide bonds. The van der Waals surface area contributed by atoms with E-state index >= 15 is 0 Å². The Labute approximate surface area is 142 Å². The molecule has 0 saturated heterocycles. The Bertz CT molecular complexity index is 886. The monoisotopic (exact) mass is 338 g/mol. The van der Waals surface area contributed by atoms with E-state index < -0.39 is 5.97 Å². The number of hydrogen-bond donors (Lipinski definition) is 2. The van der Waals surface area contributed by atoms with Gasteiger partial charge in [0.05, 0.1) is 10.6 Å². The number of hydrogen-bond acceptors (Lipinski definition) is 4. The Balaban J connectivity index is 2.10. The molecule has 0 aliphatic rings. The minimum absolute atomic E-state index is 0.0410. The van der Waals surface area contributed by atoms with Gasteiger partial charge in [0.15, 0.2) is 0 Å². The normalized spacial score (nSPS) is 10.4. The van der Waals surface area contributed by atoms with Crippen LogP contribution in [0.15, 0.2) is 54.6 Å². The van der Waals surface area contributed by atoms with Gasteiger partial charge in [-0.25, -0.2) is 9.78 Å². The van der Waals surface area contributed by atoms with Crippen molar-refractivity contribution < 1.29 is 14.7 Å². The number of carboxylic acids is 1. The Morgan fingerprint density at radius 3 is 2.25 bits per heavy atom. The lowest BCUT2D eigenvalue weighted by molar-refractivity contribution is 0.0696. The highest BCUT2D eigenvalue weighted by molar-refractivity contribution is 7.17. The van der Waals surface area contributed by atoms with E-state index in [2.05, 4.69) is 10.3 Å². The summed E-state index contributed by atoms with van der Waals surface area (Å²) in [7, 11) is 1.58. The van der Waals surface area contributed by atoms with Crippen LogP contribution in [-0.4, -0.2) is 29.0 Å². The molecule has 2 aromatic carbocycles. The van der Waals surface area contributed by atoms with E-state index in [1.807, 2.05) is 30.3 Å². The van der Waals surface area contributed by atoms with Crippen LogP contribution in [-0.2, 0) is 0 Å². The summed E-state index contributed by atoms with van der Waals surface area (Å²) < 4.78 is 0. The summed E-state index contributed by atoms with van der Waals surface area (Å²) in [6.45, 7) is 0. The molecule has 0 radical (unpaired) electrons. The van der Waals surface area contributed by atoms with Gasteiger partial charge in [-0.3, -0.25) is 4.79 Å². The summed E-state index contributed by atoms with van der Waals surface area (Å²) in [4.78, 5) is 28.0. The van der Waals surface area contributed by atoms with Crippen molar-refractivity contribution in [3.8, 4) is 21.7 Å². The van der Waals surface area contributed by atoms with Gasteiger partial charge in [-0.05, 0) is 17.7 Å². The van der Waals surface area contributed by atoms with Gasteiger partial charge in [0, 0.05) is 18.2 Å². The van der Waals surface area contributed by atoms with E-state index in [0.717, 1.165) is 27.3 Å². The van der Waals surface area contributed by atoms with Crippen LogP contribution in [0, 0.1) is 0 Å². The molecule has 3 rings (SSSR count). The van der Waals surface area contributed by atoms with Crippen LogP contribution < -0.4 is 5.32 Å². The van der Waals surface area contributed by atoms with Gasteiger partial charge < -0.3 is 10.4 Å². The molecule has 5 nitrogen and oxygen atoms in total. The first-order valence-corrected chi connectivity index (χ1v) is 8.04. The van der Waals surface area contributed by atoms with E-state index in [1.54, 1.807) is 31.3 Å². The van der Waals surface area contributed by atoms with Crippen LogP contribution in [0.4, 0.5) is 0 Å². The van der Waals surface area contributed by atoms with Gasteiger partial charge in [0.25, 0.3) is 5.91 Å². The SMILES string of the molecule is CNC(=O)c1ccc(-c2sc(C(=O)O)nc2-c2ccccc2)cc1. The molecule has 0 bridgehead atoms. The molecule has 0 fully saturated rings. The van der Waals surface area contributed by atoms with Gasteiger partial charge in [-0.2, -0.15) is 0 Å². The number of benzene rings is 2. The molecule has 0 aliphatic heterocycles. The molecule has 2 N–H and O–H groups in total. The van der Waals surface area contributed by atoms with Crippen LogP contribution in [0.3, 0.4) is 0 Å². The first-order valence-electron chi connectivity index (χ1n) is 7.22. The van der Waals surface area contributed by atoms with Gasteiger partial charge in [-0.1, -0.05) is 42.5 Å². The minimum Gasteiger partial charge on any atom is -0.476 e. The number of carboxylic acid groups (broad SMARTS) is 1. The Morgan fingerprint density at radius 2 is 1.67 bits per heavy atom. The summed E-state index contributed by atoms with van der Waals surface area (Å²) in [5.74, 6) is -1.22. The van der Waals surface area contributed by atoms with Crippen molar-refractivity contribution in [3.05, 3.63) is 65.2 Å². The third kappa shape index (κ3) is 3.04. The maximum absolute atomic E-state index is 11.6. The van der Waals surface area contributed by atoms with E-state index in [4.69, 9.17) is 0 Å². The zero-order chi connectivity index (χ0) is 17.1. The maximum atomic E-state index is 11.6. The van der Waals surface area contributed by atoms with E-state index in [1.165, 1.54) is 0 Å². The number of amides is 1. The van der Waals surface area contributed by atoms with E-state index in [-0.39, 0.29) is 10.9 Å². The van der Waals surface area contributed by atoms with Crippen molar-refractivity contribution in [2.75, 3.05) is 7.05 Å². The van der Waals surface area contributed by atoms with Crippen molar-refractivity contribution in [1.29, 1.82) is 0 Å². The van der Waals surface area contributed by atoms with E-state index in [0.29, 0.717) is 11.3 Å². The van der Waals surface area contributed by atoms with Gasteiger partial charge in [0.2, 0.25) is 5.01 Å². The number of carbonyl (C=O) groups excluding carboxylic acids is 1. The predicted molar refractivity (Wildman–Crippen MR) is 93.3 cm³/mol. The quantitative estimate of drug-likeness (QED) is 0.763. The largest absolute Gasteiger partial charge is 0.476 e. The number of carbonyl (C=O) groups is 2. The van der Waals surface area contributed by atoms with Crippen LogP contribution in [0.2, 0.25) is 0 Å². The summed E-state index contributed by atoms with van der Waals surface area (Å²) in [5, 5.41) is 11.9. The molecule has 0 spiro atoms. The van der Waals surface area contributed by atoms with E-state index in [9.17, 15) is 14.7 Å². The zero-order valence-corrected chi connectivity index (χ0v) is 13.6. The third-order valence-corrected chi connectivity index (χ3v) is 4.59. The van der Waals surface area contributed by atoms with Crippen molar-refractivity contribution in [2.45, 2.75) is 0 Å². The first kappa shape index (κ1) is 15.9. The molecule has 1 aromatic heterocycles. The summed E-state index contributed by atoms with van der Waals surface area (Å²) in [6, 6.07) is 16.5. The molecule has 24 heavy (non-hydrogen) atoms. The Hall–Kier alpha value is -2.99. The van der Waals surface area contributed by atoms with Crippen molar-refractivity contribution in [3.63, 3.8) is 0 Å². The second-order valence-electron chi connectivity index (χ2n) is 5.02. The Morgan fingerprint density at radius 1 is 1.00 bits per heavy atom. The highest BCUT2D eigenvalue weighted by Gasteiger charge is 2.18. The number of aromatic nitrogens is 1. The summed E-state index contributed by atoms with van der Waals surface area (Å²) in [5.41, 5.74) is 2.86. The molecule has 3 aromatic rings. The molecular weight excluding hydrogens is 324 g/mol. The second kappa shape index (κ2) is 6.64. The standard InChI is InChI=1S/C18H14N2O3S/c1-19-16(21)13-9-7-12(8-10-13)15-14(11-5-3-2-4-6-11)20-17(24-15)18(22)23/h2-10H,1H3,(H,19,21)(H,22,23). The summed E-state index contributed by atoms with van der Waals surface area (Å²) >= 11 is 1.12. The fourth-order valence-electron chi connectivity index (χ4n) is 2.32. The molecule has 6 heteroatoms. The van der Waals surface area contributed by atoms with Gasteiger partial charge in [0.1, 0.15) is 0 Å². The highest BCUT2D eigenvalue weighted by atomic mass is 32.1. The maximum Gasteiger partial charge on any atom is 0.365 e. The lowest BCUT2D eigenvalue weighted by Crippen LogP contribution is -2.17. The third-order valence-electron chi connectivity index (χ3n) is 3.49. The fraction of sp³-hybridized carbons (Fsp3) is 0.0556. The molecule has 0 atom stereocenters. The number of thiazole rings is 1. The number of nitrogens with zero attached hydrogens (tertiary/aromatic N) is 1. The smallest absolute Gasteiger partial charge is 0.365 e. The topological polar surface area (TPSA) is 79.3 Å². The first-order chi connectivity index (χ1) is 11.6. The number of nitrogens with one attached hydrogen (secondary N) is 1. The molecule has 0 aliphatic carbocycles. The molecule has 0 saturated carbocycles. The van der Waals surface area contributed by atoms with Crippen molar-refractivity contribution in [2.24, 2.45) is 0 Å². The zero-order valence-electron chi connectivity index (χ0n) is 12.8. The average Bonchev–Trinajstić information content (AvgIpc) is 3.07. The van der Waals surface area contributed by atoms with Crippen LogP contribution in [0.1, 0.15) is 20.2 Å². The molecule has 0 unspecified atom stereocenters. The lowest BCUT2D eigenvalue weighted by atomic mass is 10.1. The van der Waals surface area contributed by atoms with Gasteiger partial charge >= 0.3 is 5.97 Å². The molecular formula is C18H14N2O3S. The molecule has 1 heterocycles. The lowest BCUT2D eigenvalue weighted by Gasteiger charge is -2.04. The molecule has 120 valence electrons. The number of rotatable bonds is 4. The van der Waals surface area contributed by atoms with Crippen LogP contribution >= 0.6 is 11.3 Å². The second-order valence-corrected chi connectivity index (χ2v) is 6.02. The summed E-state index contributed by atoms with van der Waals surface area (Å²) in [6.07, 6.45) is 0. The fourth-order valence-corrected chi connectivity index (χ4v) is 3.25. The van der Waals surface area contributed by atoms with Gasteiger partial charge in [-0.15, -0.1) is 11.3 Å².